The van der Waals surface area contributed by atoms with Crippen molar-refractivity contribution in [1.29, 1.82) is 10.5 Å². The van der Waals surface area contributed by atoms with Gasteiger partial charge in [-0.05, 0) is 147 Å². The average molecular weight is 770 g/mol. The van der Waals surface area contributed by atoms with E-state index in [0.717, 1.165) is 77.8 Å². The Balaban J connectivity index is 1.15. The lowest BCUT2D eigenvalue weighted by atomic mass is 9.81. The number of pyridine rings is 1. The topological polar surface area (TPSA) is 80.1 Å². The molecule has 60 heavy (non-hydrogen) atoms. The summed E-state index contributed by atoms with van der Waals surface area (Å²) in [7, 11) is 0. The van der Waals surface area contributed by atoms with Gasteiger partial charge in [0.15, 0.2) is 5.58 Å². The summed E-state index contributed by atoms with van der Waals surface area (Å²) < 4.78 is 6.84. The van der Waals surface area contributed by atoms with Crippen molar-refractivity contribution < 1.29 is 4.42 Å². The summed E-state index contributed by atoms with van der Waals surface area (Å²) in [5, 5.41) is 26.0. The van der Waals surface area contributed by atoms with Crippen molar-refractivity contribution in [3.8, 4) is 23.3 Å². The molecule has 0 atom stereocenters. The monoisotopic (exact) mass is 769 g/mol. The van der Waals surface area contributed by atoms with Crippen molar-refractivity contribution in [1.82, 2.24) is 4.98 Å². The summed E-state index contributed by atoms with van der Waals surface area (Å²) in [5.74, 6) is 0. The molecule has 282 valence electrons. The SMILES string of the molecule is CC1(C)c2cc(N(c3ccc(C#N)cc3)c3ccc4ccccc4c3)ccc2-c2c1cc(N(c1ccc(C#N)cc1)c1ccc3ccccc3c1)c1oc3ncccc3c21. The van der Waals surface area contributed by atoms with Gasteiger partial charge < -0.3 is 14.2 Å². The molecule has 0 N–H and O–H groups in total. The van der Waals surface area contributed by atoms with Crippen LogP contribution in [0.15, 0.2) is 180 Å². The molecule has 2 heterocycles. The van der Waals surface area contributed by atoms with Crippen molar-refractivity contribution in [2.45, 2.75) is 19.3 Å². The third-order valence-electron chi connectivity index (χ3n) is 12.1. The van der Waals surface area contributed by atoms with Crippen LogP contribution < -0.4 is 9.80 Å². The Morgan fingerprint density at radius 2 is 1.05 bits per heavy atom. The fraction of sp³-hybridized carbons (Fsp3) is 0.0556. The second kappa shape index (κ2) is 13.5. The Kier molecular flexibility index (Phi) is 7.85. The predicted octanol–water partition coefficient (Wildman–Crippen LogP) is 14.3. The molecule has 11 rings (SSSR count). The van der Waals surface area contributed by atoms with Crippen LogP contribution >= 0.6 is 0 Å². The van der Waals surface area contributed by atoms with Crippen molar-refractivity contribution in [2.75, 3.05) is 9.80 Å². The highest BCUT2D eigenvalue weighted by Gasteiger charge is 2.40. The lowest BCUT2D eigenvalue weighted by Crippen LogP contribution is -2.18. The van der Waals surface area contributed by atoms with E-state index in [0.29, 0.717) is 16.8 Å². The average Bonchev–Trinajstić information content (AvgIpc) is 3.79. The first-order valence-electron chi connectivity index (χ1n) is 20.0. The number of hydrogen-bond acceptors (Lipinski definition) is 6. The van der Waals surface area contributed by atoms with E-state index >= 15 is 0 Å². The molecule has 8 aromatic carbocycles. The first kappa shape index (κ1) is 35.0. The zero-order valence-corrected chi connectivity index (χ0v) is 32.9. The van der Waals surface area contributed by atoms with Gasteiger partial charge in [0.1, 0.15) is 0 Å². The maximum absolute atomic E-state index is 9.74. The minimum atomic E-state index is -0.436. The maximum atomic E-state index is 9.74. The molecule has 6 heteroatoms. The molecule has 0 saturated heterocycles. The quantitative estimate of drug-likeness (QED) is 0.168. The van der Waals surface area contributed by atoms with Gasteiger partial charge in [0.25, 0.3) is 0 Å². The number of aromatic nitrogens is 1. The lowest BCUT2D eigenvalue weighted by molar-refractivity contribution is 0.650. The molecular weight excluding hydrogens is 735 g/mol. The molecule has 0 bridgehead atoms. The van der Waals surface area contributed by atoms with Gasteiger partial charge in [0.2, 0.25) is 5.71 Å². The van der Waals surface area contributed by atoms with E-state index in [-0.39, 0.29) is 0 Å². The zero-order chi connectivity index (χ0) is 40.5. The minimum Gasteiger partial charge on any atom is -0.435 e. The summed E-state index contributed by atoms with van der Waals surface area (Å²) >= 11 is 0. The van der Waals surface area contributed by atoms with E-state index in [1.54, 1.807) is 6.20 Å². The van der Waals surface area contributed by atoms with Crippen LogP contribution in [-0.2, 0) is 5.41 Å². The number of nitrogens with zero attached hydrogens (tertiary/aromatic N) is 5. The van der Waals surface area contributed by atoms with E-state index in [4.69, 9.17) is 9.40 Å². The van der Waals surface area contributed by atoms with Gasteiger partial charge >= 0.3 is 0 Å². The second-order valence-electron chi connectivity index (χ2n) is 15.9. The lowest BCUT2D eigenvalue weighted by Gasteiger charge is -2.29. The van der Waals surface area contributed by atoms with Crippen molar-refractivity contribution in [3.05, 3.63) is 198 Å². The molecule has 0 spiro atoms. The largest absolute Gasteiger partial charge is 0.435 e. The van der Waals surface area contributed by atoms with Crippen LogP contribution in [0.5, 0.6) is 0 Å². The van der Waals surface area contributed by atoms with Crippen LogP contribution in [0.1, 0.15) is 36.1 Å². The van der Waals surface area contributed by atoms with Gasteiger partial charge in [-0.15, -0.1) is 0 Å². The summed E-state index contributed by atoms with van der Waals surface area (Å²) in [6, 6.07) is 63.1. The molecule has 10 aromatic rings. The van der Waals surface area contributed by atoms with Gasteiger partial charge in [-0.2, -0.15) is 10.5 Å². The van der Waals surface area contributed by atoms with Crippen molar-refractivity contribution >= 4 is 77.7 Å². The number of furan rings is 1. The number of fused-ring (bicyclic) bond motifs is 9. The normalized spacial score (nSPS) is 12.6. The Bertz CT molecular complexity index is 3440. The predicted molar refractivity (Wildman–Crippen MR) is 243 cm³/mol. The number of rotatable bonds is 6. The Morgan fingerprint density at radius 3 is 1.67 bits per heavy atom. The van der Waals surface area contributed by atoms with E-state index in [1.807, 2.05) is 54.6 Å². The van der Waals surface area contributed by atoms with E-state index in [2.05, 4.69) is 151 Å². The maximum Gasteiger partial charge on any atom is 0.227 e. The first-order valence-corrected chi connectivity index (χ1v) is 20.0. The number of nitriles is 2. The molecule has 0 fully saturated rings. The van der Waals surface area contributed by atoms with E-state index in [1.165, 1.54) is 16.5 Å². The standard InChI is InChI=1S/C54H35N5O/c1-54(2)47-30-44(58(40-19-13-34(32-55)14-20-40)42-23-17-36-8-3-5-10-38(36)28-42)25-26-45(47)50-48(54)31-49(52-51(50)46-12-7-27-57-53(46)60-52)59(41-21-15-35(33-56)16-22-41)43-24-18-37-9-4-6-11-39(37)29-43/h3-31H,1-2H3. The fourth-order valence-corrected chi connectivity index (χ4v) is 9.14. The van der Waals surface area contributed by atoms with Crippen LogP contribution in [0.4, 0.5) is 34.1 Å². The molecule has 0 unspecified atom stereocenters. The highest BCUT2D eigenvalue weighted by Crippen LogP contribution is 2.57. The first-order chi connectivity index (χ1) is 29.4. The summed E-state index contributed by atoms with van der Waals surface area (Å²) in [4.78, 5) is 9.26. The summed E-state index contributed by atoms with van der Waals surface area (Å²) in [5.41, 5.74) is 12.5. The van der Waals surface area contributed by atoms with E-state index < -0.39 is 5.41 Å². The highest BCUT2D eigenvalue weighted by atomic mass is 16.3. The van der Waals surface area contributed by atoms with Gasteiger partial charge in [0.05, 0.1) is 29.0 Å². The van der Waals surface area contributed by atoms with Crippen LogP contribution in [0.3, 0.4) is 0 Å². The fourth-order valence-electron chi connectivity index (χ4n) is 9.14. The Hall–Kier alpha value is -8.19. The third-order valence-corrected chi connectivity index (χ3v) is 12.1. The molecule has 0 aliphatic heterocycles. The molecular formula is C54H35N5O. The van der Waals surface area contributed by atoms with Crippen molar-refractivity contribution in [2.24, 2.45) is 0 Å². The number of benzene rings is 8. The smallest absolute Gasteiger partial charge is 0.227 e. The van der Waals surface area contributed by atoms with Crippen LogP contribution in [-0.4, -0.2) is 4.98 Å². The van der Waals surface area contributed by atoms with Gasteiger partial charge in [-0.25, -0.2) is 4.98 Å². The van der Waals surface area contributed by atoms with Gasteiger partial charge in [-0.3, -0.25) is 0 Å². The molecule has 6 nitrogen and oxygen atoms in total. The van der Waals surface area contributed by atoms with E-state index in [9.17, 15) is 10.5 Å². The van der Waals surface area contributed by atoms with Crippen LogP contribution in [0, 0.1) is 22.7 Å². The molecule has 1 aliphatic carbocycles. The molecule has 0 radical (unpaired) electrons. The Morgan fingerprint density at radius 1 is 0.517 bits per heavy atom. The second-order valence-corrected chi connectivity index (χ2v) is 15.9. The molecule has 2 aromatic heterocycles. The zero-order valence-electron chi connectivity index (χ0n) is 32.9. The van der Waals surface area contributed by atoms with Gasteiger partial charge in [-0.1, -0.05) is 80.6 Å². The van der Waals surface area contributed by atoms with Gasteiger partial charge in [0, 0.05) is 50.8 Å². The minimum absolute atomic E-state index is 0.436. The molecule has 0 amide bonds. The van der Waals surface area contributed by atoms with Crippen LogP contribution in [0.2, 0.25) is 0 Å². The number of hydrogen-bond donors (Lipinski definition) is 0. The van der Waals surface area contributed by atoms with Crippen molar-refractivity contribution in [3.63, 3.8) is 0 Å². The number of anilines is 6. The van der Waals surface area contributed by atoms with Crippen LogP contribution in [0.25, 0.3) is 54.7 Å². The summed E-state index contributed by atoms with van der Waals surface area (Å²) in [6.07, 6.45) is 1.78. The molecule has 0 saturated carbocycles. The molecule has 1 aliphatic rings. The Labute approximate surface area is 347 Å². The highest BCUT2D eigenvalue weighted by molar-refractivity contribution is 6.18. The summed E-state index contributed by atoms with van der Waals surface area (Å²) in [6.45, 7) is 4.61. The third kappa shape index (κ3) is 5.43.